The van der Waals surface area contributed by atoms with Gasteiger partial charge in [-0.1, -0.05) is 0 Å². The minimum Gasteiger partial charge on any atom is -0.469 e. The van der Waals surface area contributed by atoms with Crippen molar-refractivity contribution in [2.45, 2.75) is 19.8 Å². The second kappa shape index (κ2) is 5.21. The zero-order valence-electron chi connectivity index (χ0n) is 8.08. The lowest BCUT2D eigenvalue weighted by Gasteiger charge is -2.00. The molecule has 0 unspecified atom stereocenters. The fourth-order valence-corrected chi connectivity index (χ4v) is 1.00. The summed E-state index contributed by atoms with van der Waals surface area (Å²) in [5, 5.41) is 2.51. The zero-order chi connectivity index (χ0) is 10.4. The average molecular weight is 195 g/mol. The van der Waals surface area contributed by atoms with Crippen LogP contribution in [0.25, 0.3) is 0 Å². The molecule has 1 amide bonds. The molecule has 0 aliphatic rings. The summed E-state index contributed by atoms with van der Waals surface area (Å²) < 4.78 is 5.06. The molecule has 1 rings (SSSR count). The summed E-state index contributed by atoms with van der Waals surface area (Å²) >= 11 is 0. The summed E-state index contributed by atoms with van der Waals surface area (Å²) in [6.45, 7) is 1.55. The summed E-state index contributed by atoms with van der Waals surface area (Å²) in [5.74, 6) is 0.607. The van der Waals surface area contributed by atoms with Gasteiger partial charge in [-0.25, -0.2) is 0 Å². The van der Waals surface area contributed by atoms with Crippen LogP contribution in [0.5, 0.6) is 0 Å². The first-order chi connectivity index (χ1) is 6.68. The molecular weight excluding hydrogens is 182 g/mol. The number of amides is 1. The van der Waals surface area contributed by atoms with E-state index in [9.17, 15) is 9.59 Å². The van der Waals surface area contributed by atoms with E-state index in [4.69, 9.17) is 4.42 Å². The SMILES string of the molecule is CC(=O)CNC(=O)CCc1ccco1. The molecular formula is C10H13NO3. The summed E-state index contributed by atoms with van der Waals surface area (Å²) in [6, 6.07) is 3.60. The van der Waals surface area contributed by atoms with Crippen molar-refractivity contribution in [3.8, 4) is 0 Å². The number of furan rings is 1. The van der Waals surface area contributed by atoms with E-state index in [1.807, 2.05) is 6.07 Å². The predicted molar refractivity (Wildman–Crippen MR) is 50.7 cm³/mol. The maximum Gasteiger partial charge on any atom is 0.220 e. The molecule has 0 saturated carbocycles. The molecule has 0 atom stereocenters. The number of aryl methyl sites for hydroxylation is 1. The molecule has 0 spiro atoms. The van der Waals surface area contributed by atoms with E-state index in [0.717, 1.165) is 5.76 Å². The average Bonchev–Trinajstić information content (AvgIpc) is 2.63. The van der Waals surface area contributed by atoms with E-state index in [1.165, 1.54) is 6.92 Å². The maximum absolute atomic E-state index is 11.1. The van der Waals surface area contributed by atoms with Gasteiger partial charge in [-0.2, -0.15) is 0 Å². The lowest BCUT2D eigenvalue weighted by atomic mass is 10.2. The van der Waals surface area contributed by atoms with E-state index in [2.05, 4.69) is 5.32 Å². The zero-order valence-corrected chi connectivity index (χ0v) is 8.08. The maximum atomic E-state index is 11.1. The van der Waals surface area contributed by atoms with Gasteiger partial charge in [-0.3, -0.25) is 9.59 Å². The highest BCUT2D eigenvalue weighted by molar-refractivity contribution is 5.84. The van der Waals surface area contributed by atoms with Crippen LogP contribution in [0, 0.1) is 0 Å². The van der Waals surface area contributed by atoms with Crippen LogP contribution in [-0.4, -0.2) is 18.2 Å². The molecule has 4 nitrogen and oxygen atoms in total. The summed E-state index contributed by atoms with van der Waals surface area (Å²) in [7, 11) is 0. The Morgan fingerprint density at radius 2 is 2.29 bits per heavy atom. The molecule has 0 aliphatic carbocycles. The second-order valence-electron chi connectivity index (χ2n) is 3.06. The topological polar surface area (TPSA) is 59.3 Å². The van der Waals surface area contributed by atoms with Crippen LogP contribution in [0.15, 0.2) is 22.8 Å². The monoisotopic (exact) mass is 195 g/mol. The van der Waals surface area contributed by atoms with Gasteiger partial charge >= 0.3 is 0 Å². The molecule has 1 N–H and O–H groups in total. The van der Waals surface area contributed by atoms with Gasteiger partial charge in [-0.15, -0.1) is 0 Å². The first-order valence-electron chi connectivity index (χ1n) is 4.47. The van der Waals surface area contributed by atoms with Crippen molar-refractivity contribution in [1.29, 1.82) is 0 Å². The number of carbonyl (C=O) groups is 2. The number of carbonyl (C=O) groups excluding carboxylic acids is 2. The molecule has 76 valence electrons. The van der Waals surface area contributed by atoms with Crippen LogP contribution in [0.3, 0.4) is 0 Å². The quantitative estimate of drug-likeness (QED) is 0.759. The third kappa shape index (κ3) is 3.89. The fraction of sp³-hybridized carbons (Fsp3) is 0.400. The van der Waals surface area contributed by atoms with Crippen LogP contribution in [0.1, 0.15) is 19.1 Å². The molecule has 0 bridgehead atoms. The molecule has 1 aromatic rings. The van der Waals surface area contributed by atoms with Crippen molar-refractivity contribution in [3.05, 3.63) is 24.2 Å². The van der Waals surface area contributed by atoms with Crippen LogP contribution in [0.4, 0.5) is 0 Å². The minimum atomic E-state index is -0.128. The van der Waals surface area contributed by atoms with Crippen LogP contribution in [0.2, 0.25) is 0 Å². The van der Waals surface area contributed by atoms with Crippen LogP contribution < -0.4 is 5.32 Å². The third-order valence-electron chi connectivity index (χ3n) is 1.71. The molecule has 0 aliphatic heterocycles. The highest BCUT2D eigenvalue weighted by Gasteiger charge is 2.03. The number of hydrogen-bond acceptors (Lipinski definition) is 3. The first-order valence-corrected chi connectivity index (χ1v) is 4.47. The van der Waals surface area contributed by atoms with Gasteiger partial charge in [0.05, 0.1) is 12.8 Å². The summed E-state index contributed by atoms with van der Waals surface area (Å²) in [4.78, 5) is 21.7. The highest BCUT2D eigenvalue weighted by Crippen LogP contribution is 2.02. The van der Waals surface area contributed by atoms with E-state index in [1.54, 1.807) is 12.3 Å². The smallest absolute Gasteiger partial charge is 0.220 e. The molecule has 1 aromatic heterocycles. The van der Waals surface area contributed by atoms with Gasteiger partial charge in [0, 0.05) is 12.8 Å². The van der Waals surface area contributed by atoms with Gasteiger partial charge in [0.15, 0.2) is 0 Å². The first kappa shape index (κ1) is 10.5. The van der Waals surface area contributed by atoms with E-state index in [0.29, 0.717) is 12.8 Å². The standard InChI is InChI=1S/C10H13NO3/c1-8(12)7-11-10(13)5-4-9-3-2-6-14-9/h2-3,6H,4-5,7H2,1H3,(H,11,13). The van der Waals surface area contributed by atoms with Crippen molar-refractivity contribution in [3.63, 3.8) is 0 Å². The third-order valence-corrected chi connectivity index (χ3v) is 1.71. The van der Waals surface area contributed by atoms with Gasteiger partial charge in [-0.05, 0) is 19.1 Å². The van der Waals surface area contributed by atoms with Gasteiger partial charge in [0.25, 0.3) is 0 Å². The molecule has 0 aromatic carbocycles. The lowest BCUT2D eigenvalue weighted by molar-refractivity contribution is -0.124. The Labute approximate surface area is 82.3 Å². The molecule has 0 radical (unpaired) electrons. The largest absolute Gasteiger partial charge is 0.469 e. The number of hydrogen-bond donors (Lipinski definition) is 1. The fourth-order valence-electron chi connectivity index (χ4n) is 1.00. The number of rotatable bonds is 5. The van der Waals surface area contributed by atoms with Crippen molar-refractivity contribution in [2.75, 3.05) is 6.54 Å². The minimum absolute atomic E-state index is 0.0450. The normalized spacial score (nSPS) is 9.79. The Hall–Kier alpha value is -1.58. The summed E-state index contributed by atoms with van der Waals surface area (Å²) in [5.41, 5.74) is 0. The molecule has 0 saturated heterocycles. The van der Waals surface area contributed by atoms with Crippen molar-refractivity contribution < 1.29 is 14.0 Å². The molecule has 1 heterocycles. The summed E-state index contributed by atoms with van der Waals surface area (Å²) in [6.07, 6.45) is 2.49. The van der Waals surface area contributed by atoms with Crippen molar-refractivity contribution >= 4 is 11.7 Å². The Morgan fingerprint density at radius 3 is 2.86 bits per heavy atom. The Balaban J connectivity index is 2.18. The Kier molecular flexibility index (Phi) is 3.91. The predicted octanol–water partition coefficient (Wildman–Crippen LogP) is 0.917. The van der Waals surface area contributed by atoms with Crippen molar-refractivity contribution in [1.82, 2.24) is 5.32 Å². The van der Waals surface area contributed by atoms with Crippen LogP contribution >= 0.6 is 0 Å². The second-order valence-corrected chi connectivity index (χ2v) is 3.06. The van der Waals surface area contributed by atoms with Crippen LogP contribution in [-0.2, 0) is 16.0 Å². The molecule has 14 heavy (non-hydrogen) atoms. The van der Waals surface area contributed by atoms with Gasteiger partial charge in [0.2, 0.25) is 5.91 Å². The Morgan fingerprint density at radius 1 is 1.50 bits per heavy atom. The highest BCUT2D eigenvalue weighted by atomic mass is 16.3. The van der Waals surface area contributed by atoms with Gasteiger partial charge < -0.3 is 9.73 Å². The van der Waals surface area contributed by atoms with E-state index >= 15 is 0 Å². The lowest BCUT2D eigenvalue weighted by Crippen LogP contribution is -2.28. The molecule has 4 heteroatoms. The number of ketones is 1. The number of Topliss-reactive ketones (excluding diaryl/α,β-unsaturated/α-hetero) is 1. The number of nitrogens with one attached hydrogen (secondary N) is 1. The van der Waals surface area contributed by atoms with Crippen molar-refractivity contribution in [2.24, 2.45) is 0 Å². The van der Waals surface area contributed by atoms with E-state index < -0.39 is 0 Å². The van der Waals surface area contributed by atoms with E-state index in [-0.39, 0.29) is 18.2 Å². The van der Waals surface area contributed by atoms with Gasteiger partial charge in [0.1, 0.15) is 11.5 Å². The Bertz CT molecular complexity index is 303. The molecule has 0 fully saturated rings.